The molecule has 0 aromatic heterocycles. The Labute approximate surface area is 292 Å². The van der Waals surface area contributed by atoms with Gasteiger partial charge in [0.15, 0.2) is 0 Å². The molecule has 2 atom stereocenters. The van der Waals surface area contributed by atoms with E-state index < -0.39 is 17.3 Å². The average Bonchev–Trinajstić information content (AvgIpc) is 3.06. The summed E-state index contributed by atoms with van der Waals surface area (Å²) in [7, 11) is 1.67. The zero-order chi connectivity index (χ0) is 34.2. The van der Waals surface area contributed by atoms with Crippen LogP contribution in [0.1, 0.15) is 80.4 Å². The maximum Gasteiger partial charge on any atom is 0.407 e. The Balaban J connectivity index is 1.56. The fourth-order valence-corrected chi connectivity index (χ4v) is 7.66. The molecule has 47 heavy (non-hydrogen) atoms. The second kappa shape index (κ2) is 16.4. The van der Waals surface area contributed by atoms with Crippen molar-refractivity contribution in [3.63, 3.8) is 0 Å². The van der Waals surface area contributed by atoms with Crippen LogP contribution < -0.4 is 5.32 Å². The normalized spacial score (nSPS) is 16.0. The first-order valence-electron chi connectivity index (χ1n) is 16.5. The number of halogens is 2. The number of methoxy groups -OCH3 is 1. The SMILES string of the molecule is CCc1cccc(-c2c(F)cccc2C(O)(C(I)CCCOC)C2CCN(C(=O)c3cccc(CNC(=O)OC(C)(C)C)c3)CC2)c1. The van der Waals surface area contributed by atoms with Crippen molar-refractivity contribution < 1.29 is 28.6 Å². The van der Waals surface area contributed by atoms with Crippen LogP contribution in [0.4, 0.5) is 9.18 Å². The molecule has 0 saturated carbocycles. The number of carbonyl (C=O) groups is 2. The lowest BCUT2D eigenvalue weighted by Crippen LogP contribution is -2.49. The maximum absolute atomic E-state index is 15.8. The van der Waals surface area contributed by atoms with E-state index in [1.165, 1.54) is 6.07 Å². The molecule has 0 radical (unpaired) electrons. The highest BCUT2D eigenvalue weighted by Gasteiger charge is 2.47. The topological polar surface area (TPSA) is 88.1 Å². The van der Waals surface area contributed by atoms with Crippen molar-refractivity contribution in [2.45, 2.75) is 81.5 Å². The number of hydrogen-bond acceptors (Lipinski definition) is 5. The number of alkyl halides is 1. The third kappa shape index (κ3) is 9.32. The van der Waals surface area contributed by atoms with Gasteiger partial charge in [0.2, 0.25) is 0 Å². The second-order valence-corrected chi connectivity index (χ2v) is 14.8. The number of alkyl carbamates (subject to hydrolysis) is 1. The molecule has 1 fully saturated rings. The number of rotatable bonds is 12. The molecular weight excluding hydrogens is 710 g/mol. The maximum atomic E-state index is 15.8. The van der Waals surface area contributed by atoms with Gasteiger partial charge in [0.25, 0.3) is 5.91 Å². The van der Waals surface area contributed by atoms with Crippen LogP contribution in [0.15, 0.2) is 66.7 Å². The fourth-order valence-electron chi connectivity index (χ4n) is 6.38. The molecule has 3 aromatic carbocycles. The predicted molar refractivity (Wildman–Crippen MR) is 192 cm³/mol. The Hall–Kier alpha value is -3.02. The third-order valence-electron chi connectivity index (χ3n) is 8.77. The Morgan fingerprint density at radius 1 is 1.04 bits per heavy atom. The minimum Gasteiger partial charge on any atom is -0.444 e. The summed E-state index contributed by atoms with van der Waals surface area (Å²) in [5.41, 5.74) is 2.28. The van der Waals surface area contributed by atoms with Crippen molar-refractivity contribution in [1.29, 1.82) is 0 Å². The number of hydrogen-bond donors (Lipinski definition) is 2. The van der Waals surface area contributed by atoms with Crippen molar-refractivity contribution in [1.82, 2.24) is 10.2 Å². The van der Waals surface area contributed by atoms with Crippen LogP contribution in [0.5, 0.6) is 0 Å². The van der Waals surface area contributed by atoms with Gasteiger partial charge in [0.05, 0.1) is 0 Å². The van der Waals surface area contributed by atoms with E-state index >= 15 is 4.39 Å². The van der Waals surface area contributed by atoms with Gasteiger partial charge in [-0.3, -0.25) is 4.79 Å². The highest BCUT2D eigenvalue weighted by molar-refractivity contribution is 14.1. The van der Waals surface area contributed by atoms with Gasteiger partial charge in [0, 0.05) is 48.4 Å². The lowest BCUT2D eigenvalue weighted by atomic mass is 9.71. The number of nitrogens with zero attached hydrogens (tertiary/aromatic N) is 1. The van der Waals surface area contributed by atoms with E-state index in [0.717, 1.165) is 29.5 Å². The summed E-state index contributed by atoms with van der Waals surface area (Å²) in [6.07, 6.45) is 2.90. The monoisotopic (exact) mass is 758 g/mol. The summed E-state index contributed by atoms with van der Waals surface area (Å²) < 4.78 is 26.2. The largest absolute Gasteiger partial charge is 0.444 e. The quantitative estimate of drug-likeness (QED) is 0.111. The third-order valence-corrected chi connectivity index (χ3v) is 10.3. The smallest absolute Gasteiger partial charge is 0.407 e. The Bertz CT molecular complexity index is 1520. The van der Waals surface area contributed by atoms with Crippen molar-refractivity contribution in [3.8, 4) is 11.1 Å². The number of carbonyl (C=O) groups excluding carboxylic acids is 2. The van der Waals surface area contributed by atoms with Crippen LogP contribution in [0.2, 0.25) is 0 Å². The van der Waals surface area contributed by atoms with Crippen LogP contribution >= 0.6 is 22.6 Å². The Morgan fingerprint density at radius 3 is 2.40 bits per heavy atom. The summed E-state index contributed by atoms with van der Waals surface area (Å²) in [5, 5.41) is 15.6. The predicted octanol–water partition coefficient (Wildman–Crippen LogP) is 8.05. The number of amides is 2. The van der Waals surface area contributed by atoms with Gasteiger partial charge >= 0.3 is 6.09 Å². The first-order valence-corrected chi connectivity index (χ1v) is 17.7. The van der Waals surface area contributed by atoms with Crippen molar-refractivity contribution in [2.75, 3.05) is 26.8 Å². The first-order chi connectivity index (χ1) is 22.4. The van der Waals surface area contributed by atoms with E-state index in [4.69, 9.17) is 9.47 Å². The molecule has 0 spiro atoms. The number of ether oxygens (including phenoxy) is 2. The summed E-state index contributed by atoms with van der Waals surface area (Å²) in [4.78, 5) is 27.6. The van der Waals surface area contributed by atoms with Gasteiger partial charge in [-0.1, -0.05) is 78.0 Å². The van der Waals surface area contributed by atoms with E-state index in [9.17, 15) is 14.7 Å². The summed E-state index contributed by atoms with van der Waals surface area (Å²) in [5.74, 6) is -0.654. The number of likely N-dealkylation sites (tertiary alicyclic amines) is 1. The van der Waals surface area contributed by atoms with Crippen LogP contribution in [0.3, 0.4) is 0 Å². The molecule has 1 aliphatic rings. The van der Waals surface area contributed by atoms with Gasteiger partial charge in [-0.2, -0.15) is 0 Å². The Morgan fingerprint density at radius 2 is 1.72 bits per heavy atom. The molecule has 2 amide bonds. The molecule has 1 aliphatic heterocycles. The number of piperidine rings is 1. The van der Waals surface area contributed by atoms with Crippen LogP contribution in [-0.2, 0) is 28.0 Å². The van der Waals surface area contributed by atoms with E-state index in [1.807, 2.05) is 47.4 Å². The lowest BCUT2D eigenvalue weighted by Gasteiger charge is -2.45. The molecule has 1 heterocycles. The van der Waals surface area contributed by atoms with Gasteiger partial charge in [0.1, 0.15) is 17.0 Å². The van der Waals surface area contributed by atoms with Gasteiger partial charge < -0.3 is 24.8 Å². The lowest BCUT2D eigenvalue weighted by molar-refractivity contribution is -0.0461. The summed E-state index contributed by atoms with van der Waals surface area (Å²) in [6, 6.07) is 20.1. The number of aliphatic hydroxyl groups is 1. The zero-order valence-electron chi connectivity index (χ0n) is 28.2. The molecule has 0 aliphatic carbocycles. The average molecular weight is 759 g/mol. The standard InChI is InChI=1S/C38H48FIN2O5/c1-6-26-11-7-13-28(23-26)34-31(15-9-16-32(34)39)38(45,33(40)17-10-22-46-5)30-18-20-42(21-19-30)35(43)29-14-8-12-27(24-29)25-41-36(44)47-37(2,3)4/h7-9,11-16,23-24,30,33,45H,6,10,17-22,25H2,1-5H3,(H,41,44). The van der Waals surface area contributed by atoms with Crippen molar-refractivity contribution in [2.24, 2.45) is 5.92 Å². The van der Waals surface area contributed by atoms with Gasteiger partial charge in [-0.05, 0) is 99.2 Å². The molecule has 9 heteroatoms. The molecule has 7 nitrogen and oxygen atoms in total. The minimum absolute atomic E-state index is 0.0972. The first kappa shape index (κ1) is 36.8. The van der Waals surface area contributed by atoms with Gasteiger partial charge in [-0.15, -0.1) is 0 Å². The number of aryl methyl sites for hydroxylation is 1. The van der Waals surface area contributed by atoms with E-state index in [1.54, 1.807) is 46.1 Å². The fraction of sp³-hybridized carbons (Fsp3) is 0.474. The second-order valence-electron chi connectivity index (χ2n) is 13.3. The molecule has 254 valence electrons. The van der Waals surface area contributed by atoms with Crippen LogP contribution in [0, 0.1) is 11.7 Å². The minimum atomic E-state index is -1.34. The number of benzene rings is 3. The zero-order valence-corrected chi connectivity index (χ0v) is 30.3. The molecule has 2 unspecified atom stereocenters. The summed E-state index contributed by atoms with van der Waals surface area (Å²) >= 11 is 2.33. The molecule has 3 aromatic rings. The molecule has 2 N–H and O–H groups in total. The molecule has 0 bridgehead atoms. The molecule has 4 rings (SSSR count). The highest BCUT2D eigenvalue weighted by Crippen LogP contribution is 2.48. The van der Waals surface area contributed by atoms with Crippen LogP contribution in [0.25, 0.3) is 11.1 Å². The van der Waals surface area contributed by atoms with E-state index in [-0.39, 0.29) is 28.1 Å². The van der Waals surface area contributed by atoms with Crippen LogP contribution in [-0.4, -0.2) is 58.3 Å². The van der Waals surface area contributed by atoms with Gasteiger partial charge in [-0.25, -0.2) is 9.18 Å². The van der Waals surface area contributed by atoms with E-state index in [2.05, 4.69) is 34.8 Å². The highest BCUT2D eigenvalue weighted by atomic mass is 127. The molecular formula is C38H48FIN2O5. The van der Waals surface area contributed by atoms with E-state index in [0.29, 0.717) is 55.6 Å². The number of nitrogens with one attached hydrogen (secondary N) is 1. The Kier molecular flexibility index (Phi) is 12.8. The summed E-state index contributed by atoms with van der Waals surface area (Å²) in [6.45, 7) is 9.22. The van der Waals surface area contributed by atoms with Crippen molar-refractivity contribution in [3.05, 3.63) is 94.8 Å². The molecule has 1 saturated heterocycles. The van der Waals surface area contributed by atoms with Crippen molar-refractivity contribution >= 4 is 34.6 Å².